The summed E-state index contributed by atoms with van der Waals surface area (Å²) in [6.45, 7) is 6.75. The van der Waals surface area contributed by atoms with Crippen molar-refractivity contribution < 1.29 is 9.59 Å². The van der Waals surface area contributed by atoms with Gasteiger partial charge in [-0.05, 0) is 48.1 Å². The Morgan fingerprint density at radius 2 is 1.91 bits per heavy atom. The number of rotatable bonds is 11. The molecule has 2 aromatic carbocycles. The van der Waals surface area contributed by atoms with Crippen LogP contribution in [-0.2, 0) is 4.79 Å². The van der Waals surface area contributed by atoms with Crippen LogP contribution in [0.5, 0.6) is 0 Å². The molecule has 190 valence electrons. The van der Waals surface area contributed by atoms with Gasteiger partial charge in [-0.25, -0.2) is 0 Å². The van der Waals surface area contributed by atoms with Gasteiger partial charge >= 0.3 is 0 Å². The first kappa shape index (κ1) is 26.5. The predicted molar refractivity (Wildman–Crippen MR) is 142 cm³/mol. The van der Waals surface area contributed by atoms with Crippen LogP contribution in [0, 0.1) is 5.92 Å². The van der Waals surface area contributed by atoms with Crippen molar-refractivity contribution in [3.63, 3.8) is 0 Å². The molecule has 0 aromatic heterocycles. The van der Waals surface area contributed by atoms with Crippen LogP contribution in [0.2, 0.25) is 0 Å². The Hall–Kier alpha value is -3.13. The summed E-state index contributed by atoms with van der Waals surface area (Å²) in [7, 11) is 0. The average molecular weight is 481 g/mol. The van der Waals surface area contributed by atoms with Gasteiger partial charge in [0.2, 0.25) is 5.91 Å². The first-order chi connectivity index (χ1) is 16.9. The van der Waals surface area contributed by atoms with Gasteiger partial charge in [-0.1, -0.05) is 57.0 Å². The van der Waals surface area contributed by atoms with Crippen molar-refractivity contribution in [2.45, 2.75) is 58.0 Å². The van der Waals surface area contributed by atoms with Crippen molar-refractivity contribution in [1.82, 2.24) is 15.5 Å². The second-order valence-electron chi connectivity index (χ2n) is 9.39. The second-order valence-corrected chi connectivity index (χ2v) is 9.39. The van der Waals surface area contributed by atoms with Gasteiger partial charge in [0.1, 0.15) is 0 Å². The fourth-order valence-corrected chi connectivity index (χ4v) is 4.64. The van der Waals surface area contributed by atoms with E-state index in [0.29, 0.717) is 44.0 Å². The number of benzene rings is 2. The first-order valence-electron chi connectivity index (χ1n) is 12.8. The highest BCUT2D eigenvalue weighted by Gasteiger charge is 2.31. The van der Waals surface area contributed by atoms with E-state index in [-0.39, 0.29) is 29.9 Å². The average Bonchev–Trinajstić information content (AvgIpc) is 3.01. The molecule has 0 aliphatic carbocycles. The summed E-state index contributed by atoms with van der Waals surface area (Å²) in [4.78, 5) is 32.3. The van der Waals surface area contributed by atoms with Gasteiger partial charge in [-0.2, -0.15) is 0 Å². The lowest BCUT2D eigenvalue weighted by atomic mass is 10.0. The summed E-state index contributed by atoms with van der Waals surface area (Å²) in [5.74, 6) is 0.580. The number of amides is 2. The van der Waals surface area contributed by atoms with E-state index < -0.39 is 0 Å². The van der Waals surface area contributed by atoms with E-state index >= 15 is 0 Å². The topological polar surface area (TPSA) is 126 Å². The Kier molecular flexibility index (Phi) is 9.90. The smallest absolute Gasteiger partial charge is 0.251 e. The zero-order chi connectivity index (χ0) is 25.2. The number of nitrogens with one attached hydrogen (secondary N) is 2. The van der Waals surface area contributed by atoms with E-state index in [2.05, 4.69) is 29.5 Å². The minimum absolute atomic E-state index is 0.00291. The Morgan fingerprint density at radius 3 is 2.63 bits per heavy atom. The molecule has 1 fully saturated rings. The number of guanidine groups is 1. The van der Waals surface area contributed by atoms with Crippen LogP contribution in [0.1, 0.15) is 56.3 Å². The fourth-order valence-electron chi connectivity index (χ4n) is 4.64. The summed E-state index contributed by atoms with van der Waals surface area (Å²) in [6, 6.07) is 13.4. The Balaban J connectivity index is 1.65. The fraction of sp³-hybridized carbons (Fsp3) is 0.519. The molecule has 8 nitrogen and oxygen atoms in total. The van der Waals surface area contributed by atoms with Crippen molar-refractivity contribution in [3.05, 3.63) is 48.0 Å². The van der Waals surface area contributed by atoms with E-state index in [1.807, 2.05) is 47.4 Å². The number of nitrogens with zero attached hydrogens (tertiary/aromatic N) is 2. The molecule has 6 N–H and O–H groups in total. The van der Waals surface area contributed by atoms with Crippen LogP contribution in [0.15, 0.2) is 47.5 Å². The molecule has 2 aromatic rings. The van der Waals surface area contributed by atoms with Crippen LogP contribution >= 0.6 is 0 Å². The van der Waals surface area contributed by atoms with E-state index in [0.717, 1.165) is 36.6 Å². The zero-order valence-electron chi connectivity index (χ0n) is 21.0. The highest BCUT2D eigenvalue weighted by atomic mass is 16.2. The second kappa shape index (κ2) is 13.1. The molecule has 1 heterocycles. The Labute approximate surface area is 208 Å². The minimum atomic E-state index is -0.316. The maximum absolute atomic E-state index is 13.4. The lowest BCUT2D eigenvalue weighted by Crippen LogP contribution is -2.49. The van der Waals surface area contributed by atoms with Crippen molar-refractivity contribution in [3.8, 4) is 0 Å². The lowest BCUT2D eigenvalue weighted by molar-refractivity contribution is -0.133. The van der Waals surface area contributed by atoms with Crippen LogP contribution in [0.4, 0.5) is 0 Å². The summed E-state index contributed by atoms with van der Waals surface area (Å²) in [5.41, 5.74) is 11.5. The molecule has 1 saturated heterocycles. The van der Waals surface area contributed by atoms with Crippen LogP contribution < -0.4 is 22.1 Å². The number of carbonyl (C=O) groups excluding carboxylic acids is 2. The summed E-state index contributed by atoms with van der Waals surface area (Å²) < 4.78 is 0. The molecule has 35 heavy (non-hydrogen) atoms. The molecule has 2 atom stereocenters. The van der Waals surface area contributed by atoms with E-state index in [4.69, 9.17) is 11.5 Å². The molecular weight excluding hydrogens is 440 g/mol. The molecule has 2 amide bonds. The number of carbonyl (C=O) groups is 2. The van der Waals surface area contributed by atoms with Crippen molar-refractivity contribution in [2.24, 2.45) is 22.4 Å². The highest BCUT2D eigenvalue weighted by Crippen LogP contribution is 2.18. The predicted octanol–water partition coefficient (Wildman–Crippen LogP) is 2.62. The molecule has 8 heteroatoms. The lowest BCUT2D eigenvalue weighted by Gasteiger charge is -2.28. The van der Waals surface area contributed by atoms with Gasteiger partial charge < -0.3 is 27.0 Å². The summed E-state index contributed by atoms with van der Waals surface area (Å²) >= 11 is 0. The van der Waals surface area contributed by atoms with E-state index in [1.165, 1.54) is 0 Å². The quantitative estimate of drug-likeness (QED) is 0.223. The summed E-state index contributed by atoms with van der Waals surface area (Å²) in [6.07, 6.45) is 4.23. The molecule has 3 rings (SSSR count). The molecule has 0 saturated carbocycles. The van der Waals surface area contributed by atoms with Gasteiger partial charge in [0.25, 0.3) is 5.91 Å². The van der Waals surface area contributed by atoms with Gasteiger partial charge in [-0.15, -0.1) is 0 Å². The molecule has 0 spiro atoms. The molecule has 1 aliphatic heterocycles. The van der Waals surface area contributed by atoms with Gasteiger partial charge in [0.15, 0.2) is 5.96 Å². The standard InChI is InChI=1S/C27H40N6O2/c1-3-19(4-2)18-33-15-13-23(32-24(26(33)35)10-7-14-30-27(28)29)17-31-25(34)22-12-11-20-8-5-6-9-21(20)16-22/h5-6,8-9,11-12,16,19,23-24,32H,3-4,7,10,13-15,17-18H2,1-2H3,(H,31,34)(H4,28,29,30)/t23-,24-/m0/s1. The third-order valence-corrected chi connectivity index (χ3v) is 6.89. The SMILES string of the molecule is CCC(CC)CN1CC[C@@H](CNC(=O)c2ccc3ccccc3c2)N[C@@H](CCCN=C(N)N)C1=O. The molecular formula is C27H40N6O2. The molecule has 0 radical (unpaired) electrons. The number of aliphatic imine (C=N–C) groups is 1. The van der Waals surface area contributed by atoms with E-state index in [1.54, 1.807) is 0 Å². The maximum atomic E-state index is 13.4. The third-order valence-electron chi connectivity index (χ3n) is 6.89. The monoisotopic (exact) mass is 480 g/mol. The van der Waals surface area contributed by atoms with Gasteiger partial charge in [-0.3, -0.25) is 14.6 Å². The first-order valence-corrected chi connectivity index (χ1v) is 12.8. The largest absolute Gasteiger partial charge is 0.370 e. The van der Waals surface area contributed by atoms with Crippen molar-refractivity contribution >= 4 is 28.5 Å². The number of nitrogens with two attached hydrogens (primary N) is 2. The number of hydrogen-bond acceptors (Lipinski definition) is 4. The normalized spacial score (nSPS) is 18.5. The summed E-state index contributed by atoms with van der Waals surface area (Å²) in [5, 5.41) is 8.73. The van der Waals surface area contributed by atoms with E-state index in [9.17, 15) is 9.59 Å². The zero-order valence-corrected chi connectivity index (χ0v) is 21.0. The van der Waals surface area contributed by atoms with Gasteiger partial charge in [0, 0.05) is 37.8 Å². The van der Waals surface area contributed by atoms with Crippen LogP contribution in [0.25, 0.3) is 10.8 Å². The van der Waals surface area contributed by atoms with Crippen molar-refractivity contribution in [2.75, 3.05) is 26.2 Å². The molecule has 1 aliphatic rings. The maximum Gasteiger partial charge on any atom is 0.251 e. The van der Waals surface area contributed by atoms with Crippen molar-refractivity contribution in [1.29, 1.82) is 0 Å². The number of fused-ring (bicyclic) bond motifs is 1. The minimum Gasteiger partial charge on any atom is -0.370 e. The molecule has 0 unspecified atom stereocenters. The highest BCUT2D eigenvalue weighted by molar-refractivity contribution is 5.98. The van der Waals surface area contributed by atoms with Crippen LogP contribution in [0.3, 0.4) is 0 Å². The Bertz CT molecular complexity index is 1020. The Morgan fingerprint density at radius 1 is 1.17 bits per heavy atom. The molecule has 0 bridgehead atoms. The van der Waals surface area contributed by atoms with Crippen LogP contribution in [-0.4, -0.2) is 60.9 Å². The number of hydrogen-bond donors (Lipinski definition) is 4. The van der Waals surface area contributed by atoms with Gasteiger partial charge in [0.05, 0.1) is 6.04 Å². The third kappa shape index (κ3) is 7.68.